The van der Waals surface area contributed by atoms with E-state index in [1.165, 1.54) is 70.6 Å². The number of alkyl halides is 2. The van der Waals surface area contributed by atoms with Crippen LogP contribution in [-0.2, 0) is 52.7 Å². The van der Waals surface area contributed by atoms with E-state index in [1.54, 1.807) is 4.90 Å². The highest BCUT2D eigenvalue weighted by Gasteiger charge is 2.56. The first-order chi connectivity index (χ1) is 31.0. The predicted octanol–water partition coefficient (Wildman–Crippen LogP) is 6.97. The number of rotatable bonds is 12. The molecule has 17 nitrogen and oxygen atoms in total. The van der Waals surface area contributed by atoms with Gasteiger partial charge in [0.2, 0.25) is 25.4 Å². The van der Waals surface area contributed by atoms with Crippen molar-refractivity contribution in [3.63, 3.8) is 0 Å². The molecule has 4 heterocycles. The zero-order valence-corrected chi connectivity index (χ0v) is 39.5. The summed E-state index contributed by atoms with van der Waals surface area (Å²) in [7, 11) is -4.46. The lowest BCUT2D eigenvalue weighted by molar-refractivity contribution is -0.163. The minimum absolute atomic E-state index is 0.0130. The van der Waals surface area contributed by atoms with Crippen LogP contribution in [-0.4, -0.2) is 115 Å². The number of nitriles is 1. The van der Waals surface area contributed by atoms with Gasteiger partial charge in [0, 0.05) is 41.9 Å². The van der Waals surface area contributed by atoms with Crippen LogP contribution in [0.1, 0.15) is 87.5 Å². The first-order valence-corrected chi connectivity index (χ1v) is 23.7. The van der Waals surface area contributed by atoms with Gasteiger partial charge in [-0.1, -0.05) is 36.4 Å². The lowest BCUT2D eigenvalue weighted by Crippen LogP contribution is -2.61. The lowest BCUT2D eigenvalue weighted by Gasteiger charge is -2.39. The third-order valence-corrected chi connectivity index (χ3v) is 14.7. The number of thiophene rings is 1. The average molecular weight is 958 g/mol. The molecule has 21 heteroatoms. The Morgan fingerprint density at radius 3 is 2.09 bits per heavy atom. The van der Waals surface area contributed by atoms with Crippen molar-refractivity contribution in [1.82, 2.24) is 20.0 Å². The van der Waals surface area contributed by atoms with E-state index in [-0.39, 0.29) is 48.3 Å². The molecule has 0 radical (unpaired) electrons. The molecule has 3 saturated heterocycles. The van der Waals surface area contributed by atoms with Crippen molar-refractivity contribution in [3.05, 3.63) is 70.6 Å². The summed E-state index contributed by atoms with van der Waals surface area (Å²) < 4.78 is 71.9. The Kier molecular flexibility index (Phi) is 15.0. The number of halogens is 2. The number of esters is 2. The number of methoxy groups -OCH3 is 1. The summed E-state index contributed by atoms with van der Waals surface area (Å²) in [6.07, 6.45) is 0.392. The minimum atomic E-state index is -5.65. The van der Waals surface area contributed by atoms with Gasteiger partial charge in [-0.05, 0) is 90.0 Å². The zero-order chi connectivity index (χ0) is 48.4. The first kappa shape index (κ1) is 49.9. The normalized spacial score (nSPS) is 21.7. The second kappa shape index (κ2) is 19.8. The fourth-order valence-electron chi connectivity index (χ4n) is 8.04. The van der Waals surface area contributed by atoms with Gasteiger partial charge in [0.15, 0.2) is 0 Å². The van der Waals surface area contributed by atoms with E-state index in [0.29, 0.717) is 24.0 Å². The maximum absolute atomic E-state index is 16.4. The Balaban J connectivity index is 1.23. The van der Waals surface area contributed by atoms with Crippen LogP contribution in [0.15, 0.2) is 54.6 Å². The number of amides is 4. The molecule has 0 spiro atoms. The molecule has 356 valence electrons. The van der Waals surface area contributed by atoms with E-state index in [4.69, 9.17) is 23.3 Å². The fourth-order valence-corrected chi connectivity index (χ4v) is 10.2. The highest BCUT2D eigenvalue weighted by molar-refractivity contribution is 7.54. The van der Waals surface area contributed by atoms with Gasteiger partial charge in [0.1, 0.15) is 12.1 Å². The highest BCUT2D eigenvalue weighted by atomic mass is 32.1. The number of hydrogen-bond donors (Lipinski definition) is 1. The summed E-state index contributed by atoms with van der Waals surface area (Å²) in [5, 5.41) is 12.8. The Hall–Kier alpha value is -5.48. The van der Waals surface area contributed by atoms with Crippen molar-refractivity contribution in [3.8, 4) is 6.07 Å². The van der Waals surface area contributed by atoms with Gasteiger partial charge >= 0.3 is 31.3 Å². The molecule has 4 amide bonds. The van der Waals surface area contributed by atoms with Crippen molar-refractivity contribution in [1.29, 1.82) is 5.26 Å². The zero-order valence-electron chi connectivity index (χ0n) is 37.7. The van der Waals surface area contributed by atoms with Gasteiger partial charge in [0.25, 0.3) is 5.91 Å². The highest BCUT2D eigenvalue weighted by Crippen LogP contribution is 2.67. The van der Waals surface area contributed by atoms with Gasteiger partial charge in [-0.25, -0.2) is 4.79 Å². The lowest BCUT2D eigenvalue weighted by atomic mass is 9.90. The van der Waals surface area contributed by atoms with E-state index in [9.17, 15) is 38.6 Å². The van der Waals surface area contributed by atoms with E-state index in [0.717, 1.165) is 29.0 Å². The molecule has 3 aliphatic heterocycles. The Labute approximate surface area is 385 Å². The summed E-state index contributed by atoms with van der Waals surface area (Å²) in [6, 6.07) is 13.5. The number of fused-ring (bicyclic) bond motifs is 2. The molecular formula is C45H54F2N5O12PS. The van der Waals surface area contributed by atoms with E-state index in [1.807, 2.05) is 30.3 Å². The van der Waals surface area contributed by atoms with Crippen LogP contribution in [0.3, 0.4) is 0 Å². The monoisotopic (exact) mass is 957 g/mol. The SMILES string of the molecule is COC(=O)N1CC[C@H]2CC[C@@H](C(=O)N3C[C@H](c4ccccc4)[C@@H](C#N)C3)N2C(=O)[C@@H](NC(=O)c2cc3cc(C(F)(F)P(=O)(OCOC(=O)C(C)(C)C)OCOC(=O)C(C)(C)C)ccc3s2)C1. The maximum atomic E-state index is 16.4. The van der Waals surface area contributed by atoms with Gasteiger partial charge in [-0.15, -0.1) is 11.3 Å². The van der Waals surface area contributed by atoms with Gasteiger partial charge < -0.3 is 34.2 Å². The molecule has 1 N–H and O–H groups in total. The molecule has 2 aromatic carbocycles. The van der Waals surface area contributed by atoms with E-state index in [2.05, 4.69) is 11.4 Å². The van der Waals surface area contributed by atoms with Gasteiger partial charge in [0.05, 0.1) is 41.3 Å². The number of carbonyl (C=O) groups is 6. The molecule has 0 bridgehead atoms. The van der Waals surface area contributed by atoms with Gasteiger partial charge in [-0.2, -0.15) is 14.0 Å². The molecule has 66 heavy (non-hydrogen) atoms. The first-order valence-electron chi connectivity index (χ1n) is 21.3. The van der Waals surface area contributed by atoms with Crippen molar-refractivity contribution in [2.45, 2.75) is 90.5 Å². The second-order valence-electron chi connectivity index (χ2n) is 18.5. The van der Waals surface area contributed by atoms with Crippen molar-refractivity contribution in [2.24, 2.45) is 16.7 Å². The number of ether oxygens (including phenoxy) is 3. The van der Waals surface area contributed by atoms with Crippen LogP contribution in [0.5, 0.6) is 0 Å². The Bertz CT molecular complexity index is 2400. The van der Waals surface area contributed by atoms with Crippen molar-refractivity contribution < 1.29 is 65.4 Å². The maximum Gasteiger partial charge on any atom is 0.410 e. The van der Waals surface area contributed by atoms with Crippen LogP contribution >= 0.6 is 18.9 Å². The second-order valence-corrected chi connectivity index (χ2v) is 21.6. The van der Waals surface area contributed by atoms with E-state index < -0.39 is 97.1 Å². The average Bonchev–Trinajstić information content (AvgIpc) is 4.02. The third kappa shape index (κ3) is 10.7. The van der Waals surface area contributed by atoms with Crippen LogP contribution in [0.25, 0.3) is 10.1 Å². The smallest absolute Gasteiger partial charge is 0.410 e. The van der Waals surface area contributed by atoms with Gasteiger partial charge in [-0.3, -0.25) is 37.6 Å². The quantitative estimate of drug-likeness (QED) is 0.0843. The molecule has 6 rings (SSSR count). The molecule has 3 aromatic rings. The molecule has 5 atom stereocenters. The summed E-state index contributed by atoms with van der Waals surface area (Å²) in [5.41, 5.74) is -6.49. The number of carbonyl (C=O) groups excluding carboxylic acids is 6. The molecule has 3 fully saturated rings. The van der Waals surface area contributed by atoms with Crippen LogP contribution in [0.4, 0.5) is 13.6 Å². The predicted molar refractivity (Wildman–Crippen MR) is 235 cm³/mol. The molecule has 1 aromatic heterocycles. The van der Waals surface area contributed by atoms with Crippen LogP contribution < -0.4 is 5.32 Å². The molecule has 0 unspecified atom stereocenters. The number of likely N-dealkylation sites (tertiary alicyclic amines) is 1. The van der Waals surface area contributed by atoms with Crippen molar-refractivity contribution in [2.75, 3.05) is 46.9 Å². The molecule has 0 saturated carbocycles. The summed E-state index contributed by atoms with van der Waals surface area (Å²) in [5.74, 6) is -4.06. The Morgan fingerprint density at radius 2 is 1.50 bits per heavy atom. The number of benzene rings is 2. The number of hydrogen-bond acceptors (Lipinski definition) is 14. The molecule has 0 aliphatic carbocycles. The fraction of sp³-hybridized carbons (Fsp3) is 0.533. The molecular weight excluding hydrogens is 904 g/mol. The number of nitrogens with zero attached hydrogens (tertiary/aromatic N) is 4. The van der Waals surface area contributed by atoms with Crippen LogP contribution in [0, 0.1) is 28.1 Å². The van der Waals surface area contributed by atoms with Crippen molar-refractivity contribution >= 4 is 64.8 Å². The van der Waals surface area contributed by atoms with E-state index >= 15 is 8.78 Å². The number of nitrogens with one attached hydrogen (secondary N) is 1. The Morgan fingerprint density at radius 1 is 0.864 bits per heavy atom. The van der Waals surface area contributed by atoms with Crippen LogP contribution in [0.2, 0.25) is 0 Å². The topological polar surface area (TPSA) is 211 Å². The summed E-state index contributed by atoms with van der Waals surface area (Å²) >= 11 is 0.903. The largest absolute Gasteiger partial charge is 0.453 e. The molecule has 3 aliphatic rings. The standard InChI is InChI=1S/C45H54F2N5O12PS/c1-43(2,3)40(56)61-25-63-65(59,64-26-62-41(57)44(4,5)6)45(46,47)30-13-16-35-28(19-30)20-36(66-35)37(53)49-33-24-50(42(58)60-7)18-17-31-14-15-34(52(31)38(33)54)39(55)51-22-29(21-48)32(23-51)27-11-9-8-10-12-27/h8-13,16,19-20,29,31-34H,14-15,17-18,22-26H2,1-7H3,(H,49,53)/t29-,31+,32+,33-,34-/m0/s1. The minimum Gasteiger partial charge on any atom is -0.453 e. The third-order valence-electron chi connectivity index (χ3n) is 11.7. The summed E-state index contributed by atoms with van der Waals surface area (Å²) in [6.45, 7) is 7.00. The summed E-state index contributed by atoms with van der Waals surface area (Å²) in [4.78, 5) is 84.9.